The maximum atomic E-state index is 15.1. The quantitative estimate of drug-likeness (QED) is 0.343. The minimum Gasteiger partial charge on any atom is -0.383 e. The number of fused-ring (bicyclic) bond motifs is 2. The predicted molar refractivity (Wildman–Crippen MR) is 133 cm³/mol. The van der Waals surface area contributed by atoms with Crippen LogP contribution in [0.25, 0.3) is 11.3 Å². The molecule has 2 fully saturated rings. The average molecular weight is 567 g/mol. The van der Waals surface area contributed by atoms with Crippen molar-refractivity contribution in [3.63, 3.8) is 0 Å². The Kier molecular flexibility index (Phi) is 6.42. The van der Waals surface area contributed by atoms with Crippen molar-refractivity contribution >= 4 is 23.5 Å². The summed E-state index contributed by atoms with van der Waals surface area (Å²) in [7, 11) is 0. The third-order valence-electron chi connectivity index (χ3n) is 8.21. The van der Waals surface area contributed by atoms with E-state index in [0.29, 0.717) is 18.5 Å². The van der Waals surface area contributed by atoms with Gasteiger partial charge in [-0.1, -0.05) is 11.2 Å². The number of rotatable bonds is 7. The Hall–Kier alpha value is -3.97. The Morgan fingerprint density at radius 3 is 2.40 bits per heavy atom. The molecule has 5 rings (SSSR count). The van der Waals surface area contributed by atoms with Crippen LogP contribution in [0.15, 0.2) is 22.7 Å². The summed E-state index contributed by atoms with van der Waals surface area (Å²) in [5, 5.41) is 10.5. The molecule has 2 amide bonds. The molecule has 9 nitrogen and oxygen atoms in total. The lowest BCUT2D eigenvalue weighted by Crippen LogP contribution is -2.33. The number of halogens is 5. The van der Waals surface area contributed by atoms with Gasteiger partial charge in [-0.05, 0) is 52.0 Å². The van der Waals surface area contributed by atoms with Crippen molar-refractivity contribution in [2.24, 2.45) is 11.1 Å². The Morgan fingerprint density at radius 2 is 1.82 bits per heavy atom. The SMILES string of the molecule is CC(C)n1nc(-c2ccc(CC(=O)Nc3cc(C45CCC(C(F)(F)F)(CC4)C5)no3)c(F)c2F)c(C(N)=O)c1N. The van der Waals surface area contributed by atoms with Gasteiger partial charge in [0.05, 0.1) is 17.5 Å². The summed E-state index contributed by atoms with van der Waals surface area (Å²) < 4.78 is 77.4. The highest BCUT2D eigenvalue weighted by Gasteiger charge is 2.67. The highest BCUT2D eigenvalue weighted by molar-refractivity contribution is 6.03. The number of amides is 2. The molecule has 2 bridgehead atoms. The van der Waals surface area contributed by atoms with Gasteiger partial charge in [0.2, 0.25) is 11.8 Å². The first-order valence-electron chi connectivity index (χ1n) is 12.7. The number of carbonyl (C=O) groups excluding carboxylic acids is 2. The molecule has 0 saturated heterocycles. The summed E-state index contributed by atoms with van der Waals surface area (Å²) in [6.07, 6.45) is -4.34. The smallest absolute Gasteiger partial charge is 0.383 e. The third-order valence-corrected chi connectivity index (χ3v) is 8.21. The van der Waals surface area contributed by atoms with E-state index in [1.165, 1.54) is 22.9 Å². The van der Waals surface area contributed by atoms with E-state index >= 15 is 8.78 Å². The summed E-state index contributed by atoms with van der Waals surface area (Å²) in [6, 6.07) is 3.42. The standard InChI is InChI=1S/C26H27F5N6O3/c1-12(2)37-22(32)18(23(33)39)21(35-37)14-4-3-13(19(27)20(14)28)9-16(38)34-17-10-15(36-40-17)24-5-7-25(11-24,8-6-24)26(29,30)31/h3-4,10,12H,5-9,11,32H2,1-2H3,(H2,33,39)(H,34,38). The van der Waals surface area contributed by atoms with E-state index in [1.807, 2.05) is 0 Å². The molecule has 0 radical (unpaired) electrons. The zero-order valence-electron chi connectivity index (χ0n) is 21.7. The number of primary amides is 1. The Labute approximate surface area is 225 Å². The lowest BCUT2D eigenvalue weighted by molar-refractivity contribution is -0.220. The molecule has 5 N–H and O–H groups in total. The van der Waals surface area contributed by atoms with Crippen LogP contribution in [0.2, 0.25) is 0 Å². The highest BCUT2D eigenvalue weighted by Crippen LogP contribution is 2.67. The van der Waals surface area contributed by atoms with Crippen LogP contribution in [-0.4, -0.2) is 32.9 Å². The van der Waals surface area contributed by atoms with Gasteiger partial charge in [-0.2, -0.15) is 18.3 Å². The highest BCUT2D eigenvalue weighted by atomic mass is 19.4. The van der Waals surface area contributed by atoms with Crippen molar-refractivity contribution in [2.75, 3.05) is 11.1 Å². The van der Waals surface area contributed by atoms with Gasteiger partial charge in [-0.15, -0.1) is 0 Å². The topological polar surface area (TPSA) is 142 Å². The minimum absolute atomic E-state index is 0.0110. The van der Waals surface area contributed by atoms with Crippen molar-refractivity contribution in [1.82, 2.24) is 14.9 Å². The van der Waals surface area contributed by atoms with Crippen molar-refractivity contribution in [3.05, 3.63) is 46.7 Å². The van der Waals surface area contributed by atoms with Gasteiger partial charge in [0.1, 0.15) is 17.1 Å². The minimum atomic E-state index is -4.30. The summed E-state index contributed by atoms with van der Waals surface area (Å²) in [5.41, 5.74) is 8.06. The van der Waals surface area contributed by atoms with E-state index in [4.69, 9.17) is 16.0 Å². The summed E-state index contributed by atoms with van der Waals surface area (Å²) in [6.45, 7) is 3.45. The van der Waals surface area contributed by atoms with E-state index in [1.54, 1.807) is 13.8 Å². The molecule has 1 aromatic carbocycles. The molecule has 0 spiro atoms. The van der Waals surface area contributed by atoms with Crippen molar-refractivity contribution in [3.8, 4) is 11.3 Å². The van der Waals surface area contributed by atoms with Gasteiger partial charge >= 0.3 is 6.18 Å². The molecule has 2 aromatic heterocycles. The van der Waals surface area contributed by atoms with Crippen LogP contribution in [0.3, 0.4) is 0 Å². The van der Waals surface area contributed by atoms with Crippen molar-refractivity contribution in [2.45, 2.75) is 70.0 Å². The summed E-state index contributed by atoms with van der Waals surface area (Å²) >= 11 is 0. The number of alkyl halides is 3. The second-order valence-electron chi connectivity index (χ2n) is 10.9. The molecule has 0 unspecified atom stereocenters. The zero-order valence-corrected chi connectivity index (χ0v) is 21.7. The number of benzene rings is 1. The van der Waals surface area contributed by atoms with Gasteiger partial charge in [0, 0.05) is 28.7 Å². The first-order chi connectivity index (χ1) is 18.7. The maximum Gasteiger partial charge on any atom is 0.394 e. The van der Waals surface area contributed by atoms with Crippen molar-refractivity contribution < 1.29 is 36.1 Å². The van der Waals surface area contributed by atoms with Crippen molar-refractivity contribution in [1.29, 1.82) is 0 Å². The zero-order chi connectivity index (χ0) is 29.2. The fourth-order valence-electron chi connectivity index (χ4n) is 6.06. The number of aromatic nitrogens is 3. The van der Waals surface area contributed by atoms with Crippen LogP contribution >= 0.6 is 0 Å². The largest absolute Gasteiger partial charge is 0.394 e. The summed E-state index contributed by atoms with van der Waals surface area (Å²) in [5.74, 6) is -4.61. The van der Waals surface area contributed by atoms with Crippen LogP contribution in [0, 0.1) is 17.0 Å². The Bertz CT molecular complexity index is 1500. The number of hydrogen-bond acceptors (Lipinski definition) is 6. The van der Waals surface area contributed by atoms with E-state index < -0.39 is 46.9 Å². The number of hydrogen-bond donors (Lipinski definition) is 3. The van der Waals surface area contributed by atoms with Crippen LogP contribution in [0.4, 0.5) is 33.7 Å². The number of nitrogen functional groups attached to an aromatic ring is 1. The second kappa shape index (κ2) is 9.30. The number of nitrogens with two attached hydrogens (primary N) is 2. The van der Waals surface area contributed by atoms with Gasteiger partial charge in [0.25, 0.3) is 5.91 Å². The first-order valence-corrected chi connectivity index (χ1v) is 12.7. The fraction of sp³-hybridized carbons (Fsp3) is 0.462. The van der Waals surface area contributed by atoms with Crippen LogP contribution in [0.1, 0.15) is 73.6 Å². The number of carbonyl (C=O) groups is 2. The molecule has 0 aliphatic heterocycles. The van der Waals surface area contributed by atoms with Crippen LogP contribution in [0.5, 0.6) is 0 Å². The van der Waals surface area contributed by atoms with E-state index in [2.05, 4.69) is 15.6 Å². The molecule has 2 heterocycles. The molecule has 2 aliphatic rings. The fourth-order valence-corrected chi connectivity index (χ4v) is 6.06. The monoisotopic (exact) mass is 566 g/mol. The Balaban J connectivity index is 1.32. The molecular formula is C26H27F5N6O3. The third kappa shape index (κ3) is 4.29. The van der Waals surface area contributed by atoms with Gasteiger partial charge in [-0.25, -0.2) is 13.5 Å². The number of nitrogens with zero attached hydrogens (tertiary/aromatic N) is 3. The van der Waals surface area contributed by atoms with E-state index in [-0.39, 0.29) is 59.4 Å². The van der Waals surface area contributed by atoms with E-state index in [0.717, 1.165) is 0 Å². The first kappa shape index (κ1) is 27.6. The molecule has 214 valence electrons. The number of anilines is 2. The van der Waals surface area contributed by atoms with Gasteiger partial charge in [-0.3, -0.25) is 14.9 Å². The molecule has 2 aliphatic carbocycles. The predicted octanol–water partition coefficient (Wildman–Crippen LogP) is 5.02. The summed E-state index contributed by atoms with van der Waals surface area (Å²) in [4.78, 5) is 24.6. The molecule has 0 atom stereocenters. The van der Waals surface area contributed by atoms with Crippen LogP contribution in [-0.2, 0) is 16.6 Å². The maximum absolute atomic E-state index is 15.1. The molecule has 14 heteroatoms. The average Bonchev–Trinajstić information content (AvgIpc) is 3.64. The lowest BCUT2D eigenvalue weighted by atomic mass is 9.80. The molecular weight excluding hydrogens is 539 g/mol. The van der Waals surface area contributed by atoms with E-state index in [9.17, 15) is 22.8 Å². The second-order valence-corrected chi connectivity index (χ2v) is 10.9. The van der Waals surface area contributed by atoms with Gasteiger partial charge < -0.3 is 16.0 Å². The Morgan fingerprint density at radius 1 is 1.15 bits per heavy atom. The lowest BCUT2D eigenvalue weighted by Gasteiger charge is -2.29. The molecule has 3 aromatic rings. The molecule has 40 heavy (non-hydrogen) atoms. The number of nitrogens with one attached hydrogen (secondary N) is 1. The van der Waals surface area contributed by atoms with Crippen LogP contribution < -0.4 is 16.8 Å². The van der Waals surface area contributed by atoms with Gasteiger partial charge in [0.15, 0.2) is 11.6 Å². The molecule has 2 saturated carbocycles. The normalized spacial score (nSPS) is 22.3.